The Morgan fingerprint density at radius 2 is 2.17 bits per heavy atom. The van der Waals surface area contributed by atoms with Gasteiger partial charge >= 0.3 is 0 Å². The first-order chi connectivity index (χ1) is 14.1. The molecule has 7 nitrogen and oxygen atoms in total. The van der Waals surface area contributed by atoms with E-state index in [1.54, 1.807) is 11.8 Å². The molecule has 1 fully saturated rings. The number of thiophene rings is 1. The predicted octanol–water partition coefficient (Wildman–Crippen LogP) is 3.46. The van der Waals surface area contributed by atoms with Crippen molar-refractivity contribution in [2.45, 2.75) is 23.0 Å². The fraction of sp³-hybridized carbons (Fsp3) is 0.350. The largest absolute Gasteiger partial charge is 0.396 e. The summed E-state index contributed by atoms with van der Waals surface area (Å²) in [6.07, 6.45) is 5.95. The van der Waals surface area contributed by atoms with E-state index in [9.17, 15) is 4.21 Å². The second kappa shape index (κ2) is 7.16. The maximum absolute atomic E-state index is 12.7. The van der Waals surface area contributed by atoms with Crippen LogP contribution in [0.25, 0.3) is 32.5 Å². The normalized spacial score (nSPS) is 15.4. The average molecular weight is 428 g/mol. The predicted molar refractivity (Wildman–Crippen MR) is 117 cm³/mol. The number of hydrogen-bond donors (Lipinski definition) is 1. The number of ether oxygens (including phenoxy) is 1. The van der Waals surface area contributed by atoms with Gasteiger partial charge in [0, 0.05) is 36.7 Å². The minimum absolute atomic E-state index is 0.431. The molecule has 1 aliphatic carbocycles. The lowest BCUT2D eigenvalue weighted by Crippen LogP contribution is -2.04. The summed E-state index contributed by atoms with van der Waals surface area (Å²) in [5.74, 6) is 0.923. The van der Waals surface area contributed by atoms with Gasteiger partial charge in [-0.25, -0.2) is 9.97 Å². The first kappa shape index (κ1) is 18.7. The summed E-state index contributed by atoms with van der Waals surface area (Å²) in [4.78, 5) is 10.3. The second-order valence-corrected chi connectivity index (χ2v) is 10.1. The molecule has 4 aromatic heterocycles. The minimum Gasteiger partial charge on any atom is -0.396 e. The minimum atomic E-state index is -1.19. The molecule has 0 spiro atoms. The summed E-state index contributed by atoms with van der Waals surface area (Å²) in [5.41, 5.74) is 10.9. The SMILES string of the molecule is COCCS(=O)c1sc2nc(-c3cnc4c(cnn4C)c3)cc(C3CC3)c2c1N. The maximum atomic E-state index is 12.7. The van der Waals surface area contributed by atoms with Crippen LogP contribution in [0.4, 0.5) is 5.69 Å². The van der Waals surface area contributed by atoms with Gasteiger partial charge in [0.05, 0.1) is 40.7 Å². The average Bonchev–Trinajstić information content (AvgIpc) is 3.44. The number of pyridine rings is 2. The zero-order valence-electron chi connectivity index (χ0n) is 16.2. The highest BCUT2D eigenvalue weighted by molar-refractivity contribution is 7.87. The number of aromatic nitrogens is 4. The van der Waals surface area contributed by atoms with Gasteiger partial charge in [0.1, 0.15) is 9.04 Å². The summed E-state index contributed by atoms with van der Waals surface area (Å²) in [7, 11) is 2.30. The summed E-state index contributed by atoms with van der Waals surface area (Å²) >= 11 is 1.43. The Labute approximate surface area is 174 Å². The molecule has 1 atom stereocenters. The molecule has 5 rings (SSSR count). The van der Waals surface area contributed by atoms with Crippen molar-refractivity contribution >= 4 is 49.1 Å². The molecule has 0 aliphatic heterocycles. The van der Waals surface area contributed by atoms with E-state index < -0.39 is 10.8 Å². The van der Waals surface area contributed by atoms with Gasteiger partial charge in [-0.2, -0.15) is 5.10 Å². The first-order valence-electron chi connectivity index (χ1n) is 9.45. The highest BCUT2D eigenvalue weighted by Gasteiger charge is 2.29. The molecule has 0 aromatic carbocycles. The van der Waals surface area contributed by atoms with Gasteiger partial charge in [-0.1, -0.05) is 0 Å². The Hall–Kier alpha value is -2.36. The van der Waals surface area contributed by atoms with Crippen molar-refractivity contribution in [3.63, 3.8) is 0 Å². The van der Waals surface area contributed by atoms with E-state index in [1.165, 1.54) is 16.9 Å². The number of methoxy groups -OCH3 is 1. The number of nitrogen functional groups attached to an aromatic ring is 1. The van der Waals surface area contributed by atoms with E-state index >= 15 is 0 Å². The molecular weight excluding hydrogens is 406 g/mol. The van der Waals surface area contributed by atoms with Crippen LogP contribution in [-0.2, 0) is 22.6 Å². The van der Waals surface area contributed by atoms with Crippen molar-refractivity contribution in [3.05, 3.63) is 30.1 Å². The Bertz CT molecular complexity index is 1260. The Morgan fingerprint density at radius 1 is 1.34 bits per heavy atom. The van der Waals surface area contributed by atoms with Gasteiger partial charge in [-0.05, 0) is 36.5 Å². The zero-order chi connectivity index (χ0) is 20.1. The second-order valence-electron chi connectivity index (χ2n) is 7.30. The molecule has 1 aliphatic rings. The number of hydrogen-bond acceptors (Lipinski definition) is 7. The fourth-order valence-electron chi connectivity index (χ4n) is 3.60. The quantitative estimate of drug-likeness (QED) is 0.506. The molecule has 0 amide bonds. The number of nitrogens with two attached hydrogens (primary N) is 1. The number of anilines is 1. The molecule has 9 heteroatoms. The van der Waals surface area contributed by atoms with Crippen LogP contribution in [-0.4, -0.2) is 43.4 Å². The van der Waals surface area contributed by atoms with Crippen LogP contribution in [0, 0.1) is 0 Å². The van der Waals surface area contributed by atoms with Crippen molar-refractivity contribution in [2.24, 2.45) is 7.05 Å². The molecule has 4 aromatic rings. The number of fused-ring (bicyclic) bond motifs is 2. The number of aryl methyl sites for hydroxylation is 1. The Morgan fingerprint density at radius 3 is 2.93 bits per heavy atom. The molecule has 2 N–H and O–H groups in total. The van der Waals surface area contributed by atoms with E-state index in [-0.39, 0.29) is 0 Å². The first-order valence-corrected chi connectivity index (χ1v) is 11.6. The molecule has 29 heavy (non-hydrogen) atoms. The van der Waals surface area contributed by atoms with Gasteiger partial charge < -0.3 is 10.5 Å². The smallest absolute Gasteiger partial charge is 0.157 e. The monoisotopic (exact) mass is 427 g/mol. The lowest BCUT2D eigenvalue weighted by Gasteiger charge is -2.07. The van der Waals surface area contributed by atoms with E-state index in [0.29, 0.717) is 28.2 Å². The molecule has 1 saturated carbocycles. The lowest BCUT2D eigenvalue weighted by atomic mass is 10.0. The highest BCUT2D eigenvalue weighted by atomic mass is 32.2. The third-order valence-electron chi connectivity index (χ3n) is 5.26. The van der Waals surface area contributed by atoms with Crippen LogP contribution in [0.15, 0.2) is 28.7 Å². The summed E-state index contributed by atoms with van der Waals surface area (Å²) < 4.78 is 20.2. The van der Waals surface area contributed by atoms with Gasteiger partial charge in [0.15, 0.2) is 5.65 Å². The van der Waals surface area contributed by atoms with E-state index in [1.807, 2.05) is 19.4 Å². The van der Waals surface area contributed by atoms with Crippen molar-refractivity contribution in [1.29, 1.82) is 0 Å². The van der Waals surface area contributed by atoms with Crippen molar-refractivity contribution in [2.75, 3.05) is 25.2 Å². The molecule has 1 unspecified atom stereocenters. The van der Waals surface area contributed by atoms with Crippen LogP contribution < -0.4 is 5.73 Å². The summed E-state index contributed by atoms with van der Waals surface area (Å²) in [5, 5.41) is 6.22. The van der Waals surface area contributed by atoms with Crippen LogP contribution in [0.5, 0.6) is 0 Å². The maximum Gasteiger partial charge on any atom is 0.157 e. The number of nitrogens with zero attached hydrogens (tertiary/aromatic N) is 4. The fourth-order valence-corrected chi connectivity index (χ4v) is 6.17. The summed E-state index contributed by atoms with van der Waals surface area (Å²) in [6, 6.07) is 4.19. The third kappa shape index (κ3) is 3.23. The number of rotatable bonds is 6. The van der Waals surface area contributed by atoms with Gasteiger partial charge in [0.2, 0.25) is 0 Å². The highest BCUT2D eigenvalue weighted by Crippen LogP contribution is 2.48. The van der Waals surface area contributed by atoms with Crippen molar-refractivity contribution in [3.8, 4) is 11.3 Å². The zero-order valence-corrected chi connectivity index (χ0v) is 17.8. The Kier molecular flexibility index (Phi) is 4.60. The molecule has 0 bridgehead atoms. The van der Waals surface area contributed by atoms with Crippen molar-refractivity contribution < 1.29 is 8.95 Å². The van der Waals surface area contributed by atoms with Gasteiger partial charge in [-0.3, -0.25) is 8.89 Å². The van der Waals surface area contributed by atoms with Gasteiger partial charge in [-0.15, -0.1) is 11.3 Å². The van der Waals surface area contributed by atoms with Crippen LogP contribution in [0.2, 0.25) is 0 Å². The van der Waals surface area contributed by atoms with Crippen molar-refractivity contribution in [1.82, 2.24) is 19.7 Å². The third-order valence-corrected chi connectivity index (χ3v) is 8.13. The van der Waals surface area contributed by atoms with E-state index in [4.69, 9.17) is 15.5 Å². The molecule has 4 heterocycles. The van der Waals surface area contributed by atoms with Gasteiger partial charge in [0.25, 0.3) is 0 Å². The Balaban J connectivity index is 1.65. The van der Waals surface area contributed by atoms with Crippen LogP contribution >= 0.6 is 11.3 Å². The topological polar surface area (TPSA) is 95.9 Å². The van der Waals surface area contributed by atoms with E-state index in [2.05, 4.69) is 22.2 Å². The molecule has 150 valence electrons. The molecule has 0 saturated heterocycles. The lowest BCUT2D eigenvalue weighted by molar-refractivity contribution is 0.218. The van der Waals surface area contributed by atoms with Crippen LogP contribution in [0.1, 0.15) is 24.3 Å². The molecular formula is C20H21N5O2S2. The standard InChI is InChI=1S/C20H21N5O2S2/c1-25-18-13(10-23-25)7-12(9-22-18)15-8-14(11-3-4-11)16-17(21)20(28-19(16)24-15)29(26)6-5-27-2/h7-11H,3-6,21H2,1-2H3. The van der Waals surface area contributed by atoms with E-state index in [0.717, 1.165) is 45.3 Å². The molecule has 0 radical (unpaired) electrons. The van der Waals surface area contributed by atoms with Crippen LogP contribution in [0.3, 0.4) is 0 Å². The summed E-state index contributed by atoms with van der Waals surface area (Å²) in [6.45, 7) is 0.436.